The molecule has 0 saturated carbocycles. The standard InChI is InChI=1S/C28H26FN3O3/c29-21-9-12-23-24(16-21)31-28(35)26(23)27(20-7-2-18(3-8-20)6-13-25(33)34)30-22-10-4-19(5-11-22)17-32-14-1-15-32/h2-5,7-12,16,30H,1,6,13-15,17H2,(H,31,35)(H,33,34). The molecular weight excluding hydrogens is 445 g/mol. The molecule has 3 aromatic rings. The van der Waals surface area contributed by atoms with Crippen LogP contribution in [0, 0.1) is 5.82 Å². The minimum atomic E-state index is -0.845. The average molecular weight is 472 g/mol. The van der Waals surface area contributed by atoms with Crippen molar-refractivity contribution in [1.29, 1.82) is 0 Å². The van der Waals surface area contributed by atoms with Crippen LogP contribution in [0.2, 0.25) is 0 Å². The Morgan fingerprint density at radius 3 is 2.37 bits per heavy atom. The fourth-order valence-electron chi connectivity index (χ4n) is 4.40. The molecule has 2 aliphatic heterocycles. The third-order valence-corrected chi connectivity index (χ3v) is 6.42. The van der Waals surface area contributed by atoms with Gasteiger partial charge in [0.05, 0.1) is 17.0 Å². The van der Waals surface area contributed by atoms with Crippen molar-refractivity contribution in [3.05, 3.63) is 94.8 Å². The topological polar surface area (TPSA) is 81.7 Å². The van der Waals surface area contributed by atoms with Gasteiger partial charge in [-0.05, 0) is 73.0 Å². The molecule has 0 radical (unpaired) electrons. The van der Waals surface area contributed by atoms with Gasteiger partial charge in [0.2, 0.25) is 0 Å². The van der Waals surface area contributed by atoms with Gasteiger partial charge in [-0.3, -0.25) is 14.5 Å². The molecule has 1 saturated heterocycles. The summed E-state index contributed by atoms with van der Waals surface area (Å²) in [4.78, 5) is 26.3. The van der Waals surface area contributed by atoms with E-state index in [0.717, 1.165) is 36.4 Å². The number of carbonyl (C=O) groups excluding carboxylic acids is 1. The summed E-state index contributed by atoms with van der Waals surface area (Å²) in [6.07, 6.45) is 1.73. The van der Waals surface area contributed by atoms with E-state index in [1.807, 2.05) is 36.4 Å². The van der Waals surface area contributed by atoms with E-state index in [-0.39, 0.29) is 12.3 Å². The van der Waals surface area contributed by atoms with Crippen LogP contribution in [0.3, 0.4) is 0 Å². The van der Waals surface area contributed by atoms with Gasteiger partial charge in [-0.15, -0.1) is 0 Å². The number of nitrogens with zero attached hydrogens (tertiary/aromatic N) is 1. The average Bonchev–Trinajstić information content (AvgIpc) is 3.14. The largest absolute Gasteiger partial charge is 0.481 e. The maximum absolute atomic E-state index is 13.8. The molecule has 178 valence electrons. The van der Waals surface area contributed by atoms with E-state index in [4.69, 9.17) is 5.11 Å². The number of likely N-dealkylation sites (tertiary alicyclic amines) is 1. The molecule has 0 spiro atoms. The summed E-state index contributed by atoms with van der Waals surface area (Å²) >= 11 is 0. The van der Waals surface area contributed by atoms with Crippen LogP contribution in [0.25, 0.3) is 11.3 Å². The number of anilines is 2. The number of rotatable bonds is 8. The van der Waals surface area contributed by atoms with Crippen LogP contribution in [-0.4, -0.2) is 35.0 Å². The summed E-state index contributed by atoms with van der Waals surface area (Å²) in [7, 11) is 0. The van der Waals surface area contributed by atoms with Gasteiger partial charge in [-0.2, -0.15) is 0 Å². The zero-order valence-electron chi connectivity index (χ0n) is 19.2. The molecule has 1 amide bonds. The van der Waals surface area contributed by atoms with Crippen molar-refractivity contribution in [3.8, 4) is 0 Å². The van der Waals surface area contributed by atoms with E-state index in [2.05, 4.69) is 27.7 Å². The molecule has 2 heterocycles. The Morgan fingerprint density at radius 2 is 1.71 bits per heavy atom. The molecular formula is C28H26FN3O3. The Labute approximate surface area is 203 Å². The van der Waals surface area contributed by atoms with Crippen LogP contribution in [0.15, 0.2) is 66.7 Å². The second kappa shape index (κ2) is 9.72. The highest BCUT2D eigenvalue weighted by Gasteiger charge is 2.29. The number of fused-ring (bicyclic) bond motifs is 1. The molecule has 0 aromatic heterocycles. The third kappa shape index (κ3) is 5.10. The lowest BCUT2D eigenvalue weighted by Gasteiger charge is -2.30. The van der Waals surface area contributed by atoms with Gasteiger partial charge >= 0.3 is 5.97 Å². The van der Waals surface area contributed by atoms with E-state index >= 15 is 0 Å². The minimum absolute atomic E-state index is 0.0522. The highest BCUT2D eigenvalue weighted by atomic mass is 19.1. The lowest BCUT2D eigenvalue weighted by molar-refractivity contribution is -0.137. The Kier molecular flexibility index (Phi) is 6.33. The summed E-state index contributed by atoms with van der Waals surface area (Å²) in [6, 6.07) is 19.9. The summed E-state index contributed by atoms with van der Waals surface area (Å²) in [5.41, 5.74) is 5.83. The van der Waals surface area contributed by atoms with Crippen LogP contribution in [-0.2, 0) is 22.6 Å². The number of carboxylic acids is 1. The number of aryl methyl sites for hydroxylation is 1. The number of carboxylic acid groups (broad SMARTS) is 1. The Hall–Kier alpha value is -3.97. The molecule has 3 N–H and O–H groups in total. The predicted octanol–water partition coefficient (Wildman–Crippen LogP) is 4.98. The molecule has 35 heavy (non-hydrogen) atoms. The zero-order chi connectivity index (χ0) is 24.4. The lowest BCUT2D eigenvalue weighted by atomic mass is 9.98. The number of hydrogen-bond donors (Lipinski definition) is 3. The molecule has 0 unspecified atom stereocenters. The SMILES string of the molecule is O=C(O)CCc1ccc(C(Nc2ccc(CN3CCC3)cc2)=C2C(=O)Nc3cc(F)ccc32)cc1. The van der Waals surface area contributed by atoms with E-state index in [1.54, 1.807) is 6.07 Å². The first-order chi connectivity index (χ1) is 17.0. The van der Waals surface area contributed by atoms with Crippen molar-refractivity contribution >= 4 is 34.5 Å². The van der Waals surface area contributed by atoms with Gasteiger partial charge in [0.15, 0.2) is 0 Å². The van der Waals surface area contributed by atoms with Crippen molar-refractivity contribution < 1.29 is 19.1 Å². The maximum Gasteiger partial charge on any atom is 0.303 e. The number of carbonyl (C=O) groups is 2. The highest BCUT2D eigenvalue weighted by Crippen LogP contribution is 2.38. The van der Waals surface area contributed by atoms with Gasteiger partial charge in [0.1, 0.15) is 5.82 Å². The lowest BCUT2D eigenvalue weighted by Crippen LogP contribution is -2.36. The molecule has 0 bridgehead atoms. The molecule has 1 fully saturated rings. The molecule has 0 aliphatic carbocycles. The van der Waals surface area contributed by atoms with Crippen LogP contribution in [0.1, 0.15) is 35.1 Å². The Balaban J connectivity index is 1.49. The van der Waals surface area contributed by atoms with Crippen LogP contribution < -0.4 is 10.6 Å². The van der Waals surface area contributed by atoms with Crippen molar-refractivity contribution in [2.75, 3.05) is 23.7 Å². The number of hydrogen-bond acceptors (Lipinski definition) is 4. The van der Waals surface area contributed by atoms with Gasteiger partial charge < -0.3 is 15.7 Å². The van der Waals surface area contributed by atoms with Crippen molar-refractivity contribution in [2.45, 2.75) is 25.8 Å². The highest BCUT2D eigenvalue weighted by molar-refractivity contribution is 6.37. The van der Waals surface area contributed by atoms with Gasteiger partial charge in [0, 0.05) is 24.2 Å². The number of aliphatic carboxylic acids is 1. The second-order valence-electron chi connectivity index (χ2n) is 8.94. The third-order valence-electron chi connectivity index (χ3n) is 6.42. The number of benzene rings is 3. The second-order valence-corrected chi connectivity index (χ2v) is 8.94. The van der Waals surface area contributed by atoms with E-state index in [9.17, 15) is 14.0 Å². The predicted molar refractivity (Wildman–Crippen MR) is 134 cm³/mol. The molecule has 0 atom stereocenters. The monoisotopic (exact) mass is 471 g/mol. The number of nitrogens with one attached hydrogen (secondary N) is 2. The number of halogens is 1. The van der Waals surface area contributed by atoms with E-state index in [0.29, 0.717) is 28.9 Å². The van der Waals surface area contributed by atoms with Crippen LogP contribution in [0.4, 0.5) is 15.8 Å². The van der Waals surface area contributed by atoms with Crippen molar-refractivity contribution in [1.82, 2.24) is 4.90 Å². The molecule has 6 nitrogen and oxygen atoms in total. The first-order valence-corrected chi connectivity index (χ1v) is 11.7. The summed E-state index contributed by atoms with van der Waals surface area (Å²) in [5.74, 6) is -1.57. The quantitative estimate of drug-likeness (QED) is 0.404. The summed E-state index contributed by atoms with van der Waals surface area (Å²) in [6.45, 7) is 3.19. The molecule has 2 aliphatic rings. The van der Waals surface area contributed by atoms with Gasteiger partial charge in [0.25, 0.3) is 5.91 Å². The zero-order valence-corrected chi connectivity index (χ0v) is 19.2. The van der Waals surface area contributed by atoms with Crippen LogP contribution >= 0.6 is 0 Å². The summed E-state index contributed by atoms with van der Waals surface area (Å²) < 4.78 is 13.8. The molecule has 7 heteroatoms. The minimum Gasteiger partial charge on any atom is -0.481 e. The first kappa shape index (κ1) is 22.8. The fourth-order valence-corrected chi connectivity index (χ4v) is 4.40. The normalized spacial score (nSPS) is 16.3. The van der Waals surface area contributed by atoms with Gasteiger partial charge in [-0.1, -0.05) is 36.4 Å². The van der Waals surface area contributed by atoms with Gasteiger partial charge in [-0.25, -0.2) is 4.39 Å². The van der Waals surface area contributed by atoms with Crippen LogP contribution in [0.5, 0.6) is 0 Å². The Bertz CT molecular complexity index is 1300. The van der Waals surface area contributed by atoms with Crippen molar-refractivity contribution in [2.24, 2.45) is 0 Å². The summed E-state index contributed by atoms with van der Waals surface area (Å²) in [5, 5.41) is 15.1. The molecule has 3 aromatic carbocycles. The molecule has 5 rings (SSSR count). The van der Waals surface area contributed by atoms with E-state index < -0.39 is 11.8 Å². The smallest absolute Gasteiger partial charge is 0.303 e. The van der Waals surface area contributed by atoms with E-state index in [1.165, 1.54) is 24.1 Å². The maximum atomic E-state index is 13.8. The fraction of sp³-hybridized carbons (Fsp3) is 0.214. The Morgan fingerprint density at radius 1 is 1.00 bits per heavy atom. The number of amides is 1. The van der Waals surface area contributed by atoms with Crippen molar-refractivity contribution in [3.63, 3.8) is 0 Å². The first-order valence-electron chi connectivity index (χ1n) is 11.7.